The van der Waals surface area contributed by atoms with E-state index in [0.717, 1.165) is 5.56 Å². The molecule has 0 radical (unpaired) electrons. The number of urea groups is 1. The highest BCUT2D eigenvalue weighted by atomic mass is 16.6. The van der Waals surface area contributed by atoms with Crippen LogP contribution in [0.25, 0.3) is 0 Å². The van der Waals surface area contributed by atoms with Crippen LogP contribution in [-0.2, 0) is 16.1 Å². The molecule has 2 N–H and O–H groups in total. The van der Waals surface area contributed by atoms with Crippen molar-refractivity contribution in [3.05, 3.63) is 65.0 Å². The van der Waals surface area contributed by atoms with Gasteiger partial charge in [-0.1, -0.05) is 17.3 Å². The maximum atomic E-state index is 12.5. The van der Waals surface area contributed by atoms with E-state index in [1.165, 1.54) is 6.07 Å². The minimum atomic E-state index is -0.803. The molecule has 4 rings (SSSR count). The highest BCUT2D eigenvalue weighted by Gasteiger charge is 2.18. The number of ether oxygens (including phenoxy) is 4. The number of anilines is 1. The largest absolute Gasteiger partial charge is 0.488 e. The predicted octanol–water partition coefficient (Wildman–Crippen LogP) is 3.15. The number of fused-ring (bicyclic) bond motifs is 1. The van der Waals surface area contributed by atoms with Crippen LogP contribution >= 0.6 is 0 Å². The van der Waals surface area contributed by atoms with Gasteiger partial charge in [0.2, 0.25) is 0 Å². The van der Waals surface area contributed by atoms with E-state index in [-0.39, 0.29) is 17.9 Å². The van der Waals surface area contributed by atoms with Crippen molar-refractivity contribution in [1.29, 1.82) is 0 Å². The second kappa shape index (κ2) is 10.6. The van der Waals surface area contributed by atoms with Crippen molar-refractivity contribution in [2.75, 3.05) is 25.1 Å². The average Bonchev–Trinajstić information content (AvgIpc) is 3.18. The molecule has 0 saturated heterocycles. The molecule has 1 aliphatic heterocycles. The number of imide groups is 1. The second-order valence-corrected chi connectivity index (χ2v) is 7.52. The van der Waals surface area contributed by atoms with E-state index in [4.69, 9.17) is 23.5 Å². The number of nitrogens with one attached hydrogen (secondary N) is 2. The van der Waals surface area contributed by atoms with Crippen LogP contribution in [0.5, 0.6) is 17.2 Å². The van der Waals surface area contributed by atoms with Crippen molar-refractivity contribution in [3.63, 3.8) is 0 Å². The zero-order valence-corrected chi connectivity index (χ0v) is 19.1. The standard InChI is InChI=1S/C24H23N3O8/c1-14-18(15(2)35-27-14)12-33-19-6-4-3-5-17(19)23(29)34-13-22(28)26-24(30)25-16-7-8-20-21(11-16)32-10-9-31-20/h3-8,11H,9-10,12-13H2,1-2H3,(H2,25,26,28,30). The minimum absolute atomic E-state index is 0.132. The van der Waals surface area contributed by atoms with Crippen molar-refractivity contribution >= 4 is 23.6 Å². The van der Waals surface area contributed by atoms with Crippen LogP contribution in [0.3, 0.4) is 0 Å². The Morgan fingerprint density at radius 3 is 2.57 bits per heavy atom. The highest BCUT2D eigenvalue weighted by Crippen LogP contribution is 2.32. The average molecular weight is 481 g/mol. The number of amides is 3. The van der Waals surface area contributed by atoms with E-state index < -0.39 is 24.5 Å². The molecule has 3 aromatic rings. The summed E-state index contributed by atoms with van der Waals surface area (Å²) < 4.78 is 26.8. The van der Waals surface area contributed by atoms with Crippen LogP contribution in [0.15, 0.2) is 47.0 Å². The molecule has 2 aromatic carbocycles. The quantitative estimate of drug-likeness (QED) is 0.487. The number of hydrogen-bond acceptors (Lipinski definition) is 9. The summed E-state index contributed by atoms with van der Waals surface area (Å²) in [5.41, 5.74) is 2.00. The van der Waals surface area contributed by atoms with Crippen molar-refractivity contribution in [1.82, 2.24) is 10.5 Å². The predicted molar refractivity (Wildman–Crippen MR) is 122 cm³/mol. The molecule has 11 nitrogen and oxygen atoms in total. The Morgan fingerprint density at radius 2 is 1.80 bits per heavy atom. The van der Waals surface area contributed by atoms with Gasteiger partial charge in [-0.25, -0.2) is 9.59 Å². The number of carbonyl (C=O) groups is 3. The number of carbonyl (C=O) groups excluding carboxylic acids is 3. The van der Waals surface area contributed by atoms with Crippen LogP contribution in [0, 0.1) is 13.8 Å². The van der Waals surface area contributed by atoms with Gasteiger partial charge in [0.05, 0.1) is 11.3 Å². The molecule has 1 aromatic heterocycles. The van der Waals surface area contributed by atoms with Gasteiger partial charge in [-0.05, 0) is 38.1 Å². The lowest BCUT2D eigenvalue weighted by Gasteiger charge is -2.19. The summed E-state index contributed by atoms with van der Waals surface area (Å²) in [7, 11) is 0. The summed E-state index contributed by atoms with van der Waals surface area (Å²) in [5.74, 6) is 0.373. The first-order valence-electron chi connectivity index (χ1n) is 10.7. The van der Waals surface area contributed by atoms with E-state index in [0.29, 0.717) is 41.9 Å². The molecule has 1 aliphatic rings. The number of nitrogens with zero attached hydrogens (tertiary/aromatic N) is 1. The fourth-order valence-corrected chi connectivity index (χ4v) is 3.27. The van der Waals surface area contributed by atoms with Crippen LogP contribution in [-0.4, -0.2) is 42.9 Å². The molecular weight excluding hydrogens is 458 g/mol. The maximum Gasteiger partial charge on any atom is 0.342 e. The van der Waals surface area contributed by atoms with Crippen LogP contribution in [0.2, 0.25) is 0 Å². The molecule has 3 amide bonds. The number of aromatic nitrogens is 1. The molecule has 0 aliphatic carbocycles. The minimum Gasteiger partial charge on any atom is -0.488 e. The van der Waals surface area contributed by atoms with Crippen LogP contribution < -0.4 is 24.8 Å². The van der Waals surface area contributed by atoms with Gasteiger partial charge in [-0.3, -0.25) is 10.1 Å². The first kappa shape index (κ1) is 23.6. The Kier molecular flexibility index (Phi) is 7.15. The molecule has 0 saturated carbocycles. The van der Waals surface area contributed by atoms with E-state index in [1.54, 1.807) is 50.2 Å². The number of aryl methyl sites for hydroxylation is 2. The fourth-order valence-electron chi connectivity index (χ4n) is 3.27. The monoisotopic (exact) mass is 481 g/mol. The normalized spacial score (nSPS) is 11.9. The van der Waals surface area contributed by atoms with Crippen molar-refractivity contribution in [2.24, 2.45) is 0 Å². The van der Waals surface area contributed by atoms with Crippen molar-refractivity contribution < 1.29 is 37.9 Å². The summed E-state index contributed by atoms with van der Waals surface area (Å²) in [5, 5.41) is 8.48. The van der Waals surface area contributed by atoms with Crippen LogP contribution in [0.4, 0.5) is 10.5 Å². The molecule has 0 fully saturated rings. The molecule has 182 valence electrons. The van der Waals surface area contributed by atoms with Gasteiger partial charge in [0.1, 0.15) is 36.9 Å². The van der Waals surface area contributed by atoms with Crippen molar-refractivity contribution in [3.8, 4) is 17.2 Å². The first-order chi connectivity index (χ1) is 16.9. The third-order valence-corrected chi connectivity index (χ3v) is 5.05. The SMILES string of the molecule is Cc1noc(C)c1COc1ccccc1C(=O)OCC(=O)NC(=O)Nc1ccc2c(c1)OCCO2. The summed E-state index contributed by atoms with van der Waals surface area (Å²) in [4.78, 5) is 36.8. The molecule has 11 heteroatoms. The zero-order chi connectivity index (χ0) is 24.8. The molecule has 0 atom stereocenters. The number of benzene rings is 2. The van der Waals surface area contributed by atoms with Gasteiger partial charge in [0.15, 0.2) is 18.1 Å². The lowest BCUT2D eigenvalue weighted by atomic mass is 10.2. The van der Waals surface area contributed by atoms with Gasteiger partial charge in [0, 0.05) is 11.8 Å². The highest BCUT2D eigenvalue weighted by molar-refractivity contribution is 6.02. The lowest BCUT2D eigenvalue weighted by molar-refractivity contribution is -0.123. The van der Waals surface area contributed by atoms with Crippen molar-refractivity contribution in [2.45, 2.75) is 20.5 Å². The van der Waals surface area contributed by atoms with Gasteiger partial charge >= 0.3 is 12.0 Å². The fraction of sp³-hybridized carbons (Fsp3) is 0.250. The molecular formula is C24H23N3O8. The topological polar surface area (TPSA) is 138 Å². The Hall–Kier alpha value is -4.54. The summed E-state index contributed by atoms with van der Waals surface area (Å²) in [6, 6.07) is 10.5. The molecule has 0 bridgehead atoms. The van der Waals surface area contributed by atoms with Crippen LogP contribution in [0.1, 0.15) is 27.4 Å². The maximum absolute atomic E-state index is 12.5. The summed E-state index contributed by atoms with van der Waals surface area (Å²) in [6.45, 7) is 3.89. The van der Waals surface area contributed by atoms with Gasteiger partial charge < -0.3 is 28.8 Å². The van der Waals surface area contributed by atoms with E-state index in [1.807, 2.05) is 0 Å². The van der Waals surface area contributed by atoms with Gasteiger partial charge in [-0.15, -0.1) is 0 Å². The molecule has 0 spiro atoms. The molecule has 35 heavy (non-hydrogen) atoms. The first-order valence-corrected chi connectivity index (χ1v) is 10.7. The number of hydrogen-bond donors (Lipinski definition) is 2. The number of esters is 1. The van der Waals surface area contributed by atoms with E-state index in [2.05, 4.69) is 15.8 Å². The number of rotatable bonds is 7. The van der Waals surface area contributed by atoms with Gasteiger partial charge in [0.25, 0.3) is 5.91 Å². The second-order valence-electron chi connectivity index (χ2n) is 7.52. The Bertz CT molecular complexity index is 1230. The summed E-state index contributed by atoms with van der Waals surface area (Å²) >= 11 is 0. The smallest absolute Gasteiger partial charge is 0.342 e. The lowest BCUT2D eigenvalue weighted by Crippen LogP contribution is -2.37. The van der Waals surface area contributed by atoms with E-state index in [9.17, 15) is 14.4 Å². The summed E-state index contributed by atoms with van der Waals surface area (Å²) in [6.07, 6.45) is 0. The third-order valence-electron chi connectivity index (χ3n) is 5.05. The Labute approximate surface area is 200 Å². The zero-order valence-electron chi connectivity index (χ0n) is 19.1. The molecule has 0 unspecified atom stereocenters. The third kappa shape index (κ3) is 5.88. The Morgan fingerprint density at radius 1 is 1.03 bits per heavy atom. The van der Waals surface area contributed by atoms with Gasteiger partial charge in [-0.2, -0.15) is 0 Å². The molecule has 2 heterocycles. The van der Waals surface area contributed by atoms with E-state index >= 15 is 0 Å². The Balaban J connectivity index is 1.28. The number of para-hydroxylation sites is 1.